The summed E-state index contributed by atoms with van der Waals surface area (Å²) in [5.41, 5.74) is 1.56. The largest absolute Gasteiger partial charge is 0.485 e. The van der Waals surface area contributed by atoms with Gasteiger partial charge in [0.05, 0.1) is 23.0 Å². The second-order valence-corrected chi connectivity index (χ2v) is 3.94. The van der Waals surface area contributed by atoms with Crippen LogP contribution in [0.3, 0.4) is 0 Å². The predicted molar refractivity (Wildman–Crippen MR) is 71.6 cm³/mol. The molecule has 0 saturated heterocycles. The van der Waals surface area contributed by atoms with Crippen LogP contribution in [0.2, 0.25) is 0 Å². The Morgan fingerprint density at radius 3 is 2.85 bits per heavy atom. The summed E-state index contributed by atoms with van der Waals surface area (Å²) in [7, 11) is 1.56. The molecule has 0 radical (unpaired) electrons. The fourth-order valence-corrected chi connectivity index (χ4v) is 1.55. The van der Waals surface area contributed by atoms with Gasteiger partial charge in [-0.25, -0.2) is 0 Å². The van der Waals surface area contributed by atoms with Crippen molar-refractivity contribution in [3.63, 3.8) is 0 Å². The first kappa shape index (κ1) is 13.7. The number of pyridine rings is 2. The standard InChI is InChI=1S/C14H13N3O3/c1-15-14(19)10-2-3-12(17-6-10)9-20-13-7-16-5-4-11(13)8-18/h2-8H,9H2,1H3,(H,15,19). The molecule has 20 heavy (non-hydrogen) atoms. The zero-order chi connectivity index (χ0) is 14.4. The van der Waals surface area contributed by atoms with Crippen molar-refractivity contribution in [2.24, 2.45) is 0 Å². The summed E-state index contributed by atoms with van der Waals surface area (Å²) in [5.74, 6) is 0.208. The summed E-state index contributed by atoms with van der Waals surface area (Å²) in [5, 5.41) is 2.52. The van der Waals surface area contributed by atoms with Gasteiger partial charge in [-0.3, -0.25) is 19.6 Å². The van der Waals surface area contributed by atoms with Crippen molar-refractivity contribution in [2.75, 3.05) is 7.05 Å². The topological polar surface area (TPSA) is 81.2 Å². The molecule has 0 atom stereocenters. The van der Waals surface area contributed by atoms with E-state index in [-0.39, 0.29) is 12.5 Å². The Balaban J connectivity index is 2.04. The molecule has 6 nitrogen and oxygen atoms in total. The smallest absolute Gasteiger partial charge is 0.252 e. The molecule has 6 heteroatoms. The van der Waals surface area contributed by atoms with Crippen LogP contribution in [0.5, 0.6) is 5.75 Å². The number of amides is 1. The van der Waals surface area contributed by atoms with Crippen LogP contribution in [0.25, 0.3) is 0 Å². The number of aldehydes is 1. The average Bonchev–Trinajstić information content (AvgIpc) is 2.53. The van der Waals surface area contributed by atoms with E-state index in [9.17, 15) is 9.59 Å². The molecule has 2 rings (SSSR count). The second kappa shape index (κ2) is 6.42. The van der Waals surface area contributed by atoms with Crippen molar-refractivity contribution in [1.82, 2.24) is 15.3 Å². The molecule has 0 aliphatic heterocycles. The quantitative estimate of drug-likeness (QED) is 0.827. The Hall–Kier alpha value is -2.76. The van der Waals surface area contributed by atoms with Crippen LogP contribution in [0, 0.1) is 0 Å². The fraction of sp³-hybridized carbons (Fsp3) is 0.143. The maximum Gasteiger partial charge on any atom is 0.252 e. The van der Waals surface area contributed by atoms with Crippen LogP contribution in [-0.2, 0) is 6.61 Å². The molecule has 0 bridgehead atoms. The average molecular weight is 271 g/mol. The second-order valence-electron chi connectivity index (χ2n) is 3.94. The van der Waals surface area contributed by atoms with Gasteiger partial charge in [0, 0.05) is 19.4 Å². The first-order valence-corrected chi connectivity index (χ1v) is 5.93. The van der Waals surface area contributed by atoms with Crippen LogP contribution in [-0.4, -0.2) is 29.2 Å². The number of rotatable bonds is 5. The molecule has 0 aliphatic carbocycles. The molecule has 0 aromatic carbocycles. The molecule has 2 aromatic heterocycles. The maximum absolute atomic E-state index is 11.4. The highest BCUT2D eigenvalue weighted by molar-refractivity contribution is 5.93. The van der Waals surface area contributed by atoms with Crippen LogP contribution in [0.4, 0.5) is 0 Å². The van der Waals surface area contributed by atoms with Crippen LogP contribution < -0.4 is 10.1 Å². The van der Waals surface area contributed by atoms with Gasteiger partial charge in [-0.05, 0) is 18.2 Å². The van der Waals surface area contributed by atoms with Gasteiger partial charge in [-0.2, -0.15) is 0 Å². The third kappa shape index (κ3) is 3.17. The van der Waals surface area contributed by atoms with Crippen molar-refractivity contribution in [1.29, 1.82) is 0 Å². The van der Waals surface area contributed by atoms with Crippen molar-refractivity contribution in [2.45, 2.75) is 6.61 Å². The number of carbonyl (C=O) groups is 2. The van der Waals surface area contributed by atoms with Gasteiger partial charge in [0.1, 0.15) is 12.4 Å². The van der Waals surface area contributed by atoms with Gasteiger partial charge in [-0.15, -0.1) is 0 Å². The van der Waals surface area contributed by atoms with Crippen molar-refractivity contribution in [3.8, 4) is 5.75 Å². The third-order valence-electron chi connectivity index (χ3n) is 2.63. The Kier molecular flexibility index (Phi) is 4.39. The van der Waals surface area contributed by atoms with Crippen molar-refractivity contribution >= 4 is 12.2 Å². The summed E-state index contributed by atoms with van der Waals surface area (Å²) in [6, 6.07) is 4.93. The predicted octanol–water partition coefficient (Wildman–Crippen LogP) is 1.23. The number of carbonyl (C=O) groups excluding carboxylic acids is 2. The Morgan fingerprint density at radius 1 is 1.35 bits per heavy atom. The van der Waals surface area contributed by atoms with Gasteiger partial charge in [0.2, 0.25) is 0 Å². The van der Waals surface area contributed by atoms with Crippen LogP contribution in [0.15, 0.2) is 36.8 Å². The minimum Gasteiger partial charge on any atom is -0.485 e. The van der Waals surface area contributed by atoms with E-state index in [0.29, 0.717) is 28.9 Å². The minimum atomic E-state index is -0.194. The van der Waals surface area contributed by atoms with E-state index in [0.717, 1.165) is 0 Å². The van der Waals surface area contributed by atoms with E-state index in [4.69, 9.17) is 4.74 Å². The van der Waals surface area contributed by atoms with Crippen molar-refractivity contribution < 1.29 is 14.3 Å². The first-order valence-electron chi connectivity index (χ1n) is 5.93. The maximum atomic E-state index is 11.4. The van der Waals surface area contributed by atoms with Crippen molar-refractivity contribution in [3.05, 3.63) is 53.6 Å². The number of nitrogens with zero attached hydrogens (tertiary/aromatic N) is 2. The summed E-state index contributed by atoms with van der Waals surface area (Å²) in [6.07, 6.45) is 5.18. The molecule has 0 fully saturated rings. The van der Waals surface area contributed by atoms with E-state index in [1.54, 1.807) is 25.2 Å². The Morgan fingerprint density at radius 2 is 2.20 bits per heavy atom. The van der Waals surface area contributed by atoms with E-state index >= 15 is 0 Å². The van der Waals surface area contributed by atoms with Gasteiger partial charge >= 0.3 is 0 Å². The minimum absolute atomic E-state index is 0.194. The zero-order valence-electron chi connectivity index (χ0n) is 10.9. The fourth-order valence-electron chi connectivity index (χ4n) is 1.55. The molecule has 0 aliphatic rings. The van der Waals surface area contributed by atoms with E-state index in [1.807, 2.05) is 0 Å². The van der Waals surface area contributed by atoms with E-state index < -0.39 is 0 Å². The zero-order valence-corrected chi connectivity index (χ0v) is 10.9. The summed E-state index contributed by atoms with van der Waals surface area (Å²) < 4.78 is 5.48. The first-order chi connectivity index (χ1) is 9.74. The highest BCUT2D eigenvalue weighted by atomic mass is 16.5. The lowest BCUT2D eigenvalue weighted by atomic mass is 10.2. The van der Waals surface area contributed by atoms with Gasteiger partial charge in [-0.1, -0.05) is 0 Å². The lowest BCUT2D eigenvalue weighted by Gasteiger charge is -2.07. The normalized spacial score (nSPS) is 9.85. The van der Waals surface area contributed by atoms with Crippen LogP contribution >= 0.6 is 0 Å². The van der Waals surface area contributed by atoms with Gasteiger partial charge in [0.15, 0.2) is 6.29 Å². The molecule has 0 saturated carbocycles. The van der Waals surface area contributed by atoms with Gasteiger partial charge < -0.3 is 10.1 Å². The van der Waals surface area contributed by atoms with E-state index in [1.165, 1.54) is 18.6 Å². The number of hydrogen-bond acceptors (Lipinski definition) is 5. The molecule has 0 spiro atoms. The van der Waals surface area contributed by atoms with Crippen LogP contribution in [0.1, 0.15) is 26.4 Å². The monoisotopic (exact) mass is 271 g/mol. The highest BCUT2D eigenvalue weighted by Crippen LogP contribution is 2.15. The van der Waals surface area contributed by atoms with E-state index in [2.05, 4.69) is 15.3 Å². The van der Waals surface area contributed by atoms with Gasteiger partial charge in [0.25, 0.3) is 5.91 Å². The molecule has 1 amide bonds. The number of hydrogen-bond donors (Lipinski definition) is 1. The SMILES string of the molecule is CNC(=O)c1ccc(COc2cnccc2C=O)nc1. The molecule has 102 valence electrons. The number of ether oxygens (including phenoxy) is 1. The number of aromatic nitrogens is 2. The lowest BCUT2D eigenvalue weighted by Crippen LogP contribution is -2.18. The third-order valence-corrected chi connectivity index (χ3v) is 2.63. The summed E-state index contributed by atoms with van der Waals surface area (Å²) in [6.45, 7) is 0.195. The molecule has 1 N–H and O–H groups in total. The molecule has 0 unspecified atom stereocenters. The molecular weight excluding hydrogens is 258 g/mol. The molecule has 2 aromatic rings. The number of nitrogens with one attached hydrogen (secondary N) is 1. The molecular formula is C14H13N3O3. The Labute approximate surface area is 115 Å². The summed E-state index contributed by atoms with van der Waals surface area (Å²) in [4.78, 5) is 30.2. The lowest BCUT2D eigenvalue weighted by molar-refractivity contribution is 0.0962. The Bertz CT molecular complexity index is 611. The highest BCUT2D eigenvalue weighted by Gasteiger charge is 2.06. The molecule has 2 heterocycles. The summed E-state index contributed by atoms with van der Waals surface area (Å²) >= 11 is 0.